The molecule has 0 aliphatic rings. The van der Waals surface area contributed by atoms with E-state index in [1.807, 2.05) is 30.3 Å². The molecule has 0 fully saturated rings. The van der Waals surface area contributed by atoms with Gasteiger partial charge in [-0.2, -0.15) is 0 Å². The van der Waals surface area contributed by atoms with E-state index in [1.165, 1.54) is 25.3 Å². The van der Waals surface area contributed by atoms with Crippen LogP contribution in [0.5, 0.6) is 11.5 Å². The molecule has 0 spiro atoms. The first-order valence-corrected chi connectivity index (χ1v) is 9.16. The number of nitrogens with zero attached hydrogens (tertiary/aromatic N) is 1. The zero-order valence-electron chi connectivity index (χ0n) is 15.1. The fraction of sp³-hybridized carbons (Fsp3) is 0.150. The van der Waals surface area contributed by atoms with Crippen molar-refractivity contribution in [3.8, 4) is 11.5 Å². The Hall–Kier alpha value is -3.13. The van der Waals surface area contributed by atoms with Crippen LogP contribution in [0.2, 0.25) is 0 Å². The highest BCUT2D eigenvalue weighted by Crippen LogP contribution is 2.29. The van der Waals surface area contributed by atoms with Gasteiger partial charge in [0, 0.05) is 10.5 Å². The molecule has 144 valence electrons. The van der Waals surface area contributed by atoms with Crippen LogP contribution < -0.4 is 14.8 Å². The predicted octanol–water partition coefficient (Wildman–Crippen LogP) is 4.93. The number of ether oxygens (including phenoxy) is 2. The molecule has 0 heterocycles. The molecule has 0 aliphatic carbocycles. The van der Waals surface area contributed by atoms with Crippen molar-refractivity contribution in [3.05, 3.63) is 69.2 Å². The SMILES string of the molecule is COc1cc([N+](=O)[O-])ccc1NC(=O)[C@@H](C)Oc1ccc2cc(Br)ccc2c1. The highest BCUT2D eigenvalue weighted by molar-refractivity contribution is 9.10. The molecule has 0 unspecified atom stereocenters. The Balaban J connectivity index is 1.73. The van der Waals surface area contributed by atoms with E-state index in [2.05, 4.69) is 21.2 Å². The minimum absolute atomic E-state index is 0.123. The quantitative estimate of drug-likeness (QED) is 0.430. The number of carbonyl (C=O) groups is 1. The number of non-ortho nitro benzene ring substituents is 1. The molecule has 7 nitrogen and oxygen atoms in total. The number of rotatable bonds is 6. The third kappa shape index (κ3) is 4.40. The van der Waals surface area contributed by atoms with Crippen LogP contribution in [-0.4, -0.2) is 24.0 Å². The van der Waals surface area contributed by atoms with Crippen LogP contribution in [-0.2, 0) is 4.79 Å². The van der Waals surface area contributed by atoms with Gasteiger partial charge < -0.3 is 14.8 Å². The second-order valence-corrected chi connectivity index (χ2v) is 6.96. The molecule has 8 heteroatoms. The summed E-state index contributed by atoms with van der Waals surface area (Å²) < 4.78 is 11.9. The minimum atomic E-state index is -0.784. The van der Waals surface area contributed by atoms with Crippen LogP contribution in [0.4, 0.5) is 11.4 Å². The van der Waals surface area contributed by atoms with Crippen LogP contribution in [0.3, 0.4) is 0 Å². The van der Waals surface area contributed by atoms with E-state index in [4.69, 9.17) is 9.47 Å². The molecule has 1 atom stereocenters. The van der Waals surface area contributed by atoms with Crippen LogP contribution >= 0.6 is 15.9 Å². The lowest BCUT2D eigenvalue weighted by Gasteiger charge is -2.16. The van der Waals surface area contributed by atoms with Crippen LogP contribution in [0.1, 0.15) is 6.92 Å². The number of halogens is 1. The van der Waals surface area contributed by atoms with E-state index in [1.54, 1.807) is 13.0 Å². The number of amides is 1. The maximum atomic E-state index is 12.5. The van der Waals surface area contributed by atoms with Crippen LogP contribution in [0.25, 0.3) is 10.8 Å². The maximum absolute atomic E-state index is 12.5. The molecule has 0 aliphatic heterocycles. The lowest BCUT2D eigenvalue weighted by molar-refractivity contribution is -0.384. The fourth-order valence-electron chi connectivity index (χ4n) is 2.66. The number of anilines is 1. The van der Waals surface area contributed by atoms with Gasteiger partial charge in [-0.25, -0.2) is 0 Å². The first-order chi connectivity index (χ1) is 13.4. The third-order valence-electron chi connectivity index (χ3n) is 4.11. The van der Waals surface area contributed by atoms with Crippen LogP contribution in [0, 0.1) is 10.1 Å². The summed E-state index contributed by atoms with van der Waals surface area (Å²) in [7, 11) is 1.38. The Morgan fingerprint density at radius 3 is 2.54 bits per heavy atom. The summed E-state index contributed by atoms with van der Waals surface area (Å²) in [5.41, 5.74) is 0.207. The van der Waals surface area contributed by atoms with Gasteiger partial charge in [0.05, 0.1) is 23.8 Å². The van der Waals surface area contributed by atoms with Gasteiger partial charge in [0.2, 0.25) is 0 Å². The van der Waals surface area contributed by atoms with Crippen LogP contribution in [0.15, 0.2) is 59.1 Å². The van der Waals surface area contributed by atoms with Gasteiger partial charge in [-0.1, -0.05) is 28.1 Å². The Kier molecular flexibility index (Phi) is 5.79. The topological polar surface area (TPSA) is 90.7 Å². The molecule has 3 aromatic carbocycles. The number of nitro benzene ring substituents is 1. The van der Waals surface area contributed by atoms with E-state index in [0.29, 0.717) is 11.4 Å². The van der Waals surface area contributed by atoms with Gasteiger partial charge >= 0.3 is 0 Å². The monoisotopic (exact) mass is 444 g/mol. The van der Waals surface area contributed by atoms with E-state index in [0.717, 1.165) is 15.2 Å². The lowest BCUT2D eigenvalue weighted by Crippen LogP contribution is -2.30. The Morgan fingerprint density at radius 1 is 1.11 bits per heavy atom. The summed E-state index contributed by atoms with van der Waals surface area (Å²) in [6.07, 6.45) is -0.784. The molecule has 1 N–H and O–H groups in total. The number of fused-ring (bicyclic) bond motifs is 1. The molecule has 0 radical (unpaired) electrons. The molecule has 3 aromatic rings. The zero-order valence-corrected chi connectivity index (χ0v) is 16.7. The number of hydrogen-bond donors (Lipinski definition) is 1. The fourth-order valence-corrected chi connectivity index (χ4v) is 3.04. The molecule has 3 rings (SSSR count). The van der Waals surface area contributed by atoms with E-state index >= 15 is 0 Å². The van der Waals surface area contributed by atoms with Gasteiger partial charge in [-0.3, -0.25) is 14.9 Å². The molecule has 0 aromatic heterocycles. The van der Waals surface area contributed by atoms with Crippen molar-refractivity contribution in [1.82, 2.24) is 0 Å². The normalized spacial score (nSPS) is 11.7. The standard InChI is InChI=1S/C20H17BrN2O5/c1-12(28-17-7-4-13-9-15(21)5-3-14(13)10-17)20(24)22-18-8-6-16(23(25)26)11-19(18)27-2/h3-12H,1-2H3,(H,22,24)/t12-/m1/s1. The average Bonchev–Trinajstić information content (AvgIpc) is 2.68. The number of carbonyl (C=O) groups excluding carboxylic acids is 1. The second-order valence-electron chi connectivity index (χ2n) is 6.04. The van der Waals surface area contributed by atoms with E-state index in [-0.39, 0.29) is 11.4 Å². The number of benzene rings is 3. The Morgan fingerprint density at radius 2 is 1.82 bits per heavy atom. The van der Waals surface area contributed by atoms with E-state index in [9.17, 15) is 14.9 Å². The summed E-state index contributed by atoms with van der Waals surface area (Å²) in [6, 6.07) is 15.4. The van der Waals surface area contributed by atoms with Gasteiger partial charge in [-0.05, 0) is 48.0 Å². The van der Waals surface area contributed by atoms with Crippen molar-refractivity contribution in [1.29, 1.82) is 0 Å². The smallest absolute Gasteiger partial charge is 0.273 e. The van der Waals surface area contributed by atoms with Crippen molar-refractivity contribution in [2.45, 2.75) is 13.0 Å². The van der Waals surface area contributed by atoms with Gasteiger partial charge in [0.15, 0.2) is 6.10 Å². The summed E-state index contributed by atoms with van der Waals surface area (Å²) in [5.74, 6) is 0.363. The second kappa shape index (κ2) is 8.26. The lowest BCUT2D eigenvalue weighted by atomic mass is 10.1. The molecule has 0 saturated carbocycles. The highest BCUT2D eigenvalue weighted by Gasteiger charge is 2.18. The summed E-state index contributed by atoms with van der Waals surface area (Å²) in [4.78, 5) is 22.8. The molecular weight excluding hydrogens is 428 g/mol. The largest absolute Gasteiger partial charge is 0.494 e. The number of nitrogens with one attached hydrogen (secondary N) is 1. The molecule has 0 bridgehead atoms. The van der Waals surface area contributed by atoms with E-state index < -0.39 is 16.9 Å². The maximum Gasteiger partial charge on any atom is 0.273 e. The molecule has 0 saturated heterocycles. The molecular formula is C20H17BrN2O5. The van der Waals surface area contributed by atoms with Gasteiger partial charge in [0.1, 0.15) is 11.5 Å². The number of methoxy groups -OCH3 is 1. The zero-order chi connectivity index (χ0) is 20.3. The average molecular weight is 445 g/mol. The first kappa shape index (κ1) is 19.6. The Bertz CT molecular complexity index is 1050. The summed E-state index contributed by atoms with van der Waals surface area (Å²) in [5, 5.41) is 15.6. The molecule has 1 amide bonds. The van der Waals surface area contributed by atoms with Crippen molar-refractivity contribution in [2.75, 3.05) is 12.4 Å². The number of hydrogen-bond acceptors (Lipinski definition) is 5. The molecule has 28 heavy (non-hydrogen) atoms. The Labute approximate surface area is 169 Å². The number of nitro groups is 1. The minimum Gasteiger partial charge on any atom is -0.494 e. The predicted molar refractivity (Wildman–Crippen MR) is 110 cm³/mol. The first-order valence-electron chi connectivity index (χ1n) is 8.36. The van der Waals surface area contributed by atoms with Crippen molar-refractivity contribution < 1.29 is 19.2 Å². The van der Waals surface area contributed by atoms with Crippen molar-refractivity contribution in [2.24, 2.45) is 0 Å². The summed E-state index contributed by atoms with van der Waals surface area (Å²) in [6.45, 7) is 1.62. The van der Waals surface area contributed by atoms with Gasteiger partial charge in [-0.15, -0.1) is 0 Å². The van der Waals surface area contributed by atoms with Crippen molar-refractivity contribution >= 4 is 44.0 Å². The highest BCUT2D eigenvalue weighted by atomic mass is 79.9. The third-order valence-corrected chi connectivity index (χ3v) is 4.60. The van der Waals surface area contributed by atoms with Crippen molar-refractivity contribution in [3.63, 3.8) is 0 Å². The van der Waals surface area contributed by atoms with Gasteiger partial charge in [0.25, 0.3) is 11.6 Å². The summed E-state index contributed by atoms with van der Waals surface area (Å²) >= 11 is 3.43.